The van der Waals surface area contributed by atoms with Gasteiger partial charge in [0.05, 0.1) is 0 Å². The van der Waals surface area contributed by atoms with Crippen LogP contribution in [-0.2, 0) is 4.74 Å². The highest BCUT2D eigenvalue weighted by molar-refractivity contribution is 5.68. The van der Waals surface area contributed by atoms with E-state index >= 15 is 0 Å². The SMILES string of the molecule is CCCCN(CC)C(=O)OC(C)(C)C.CN. The van der Waals surface area contributed by atoms with Crippen LogP contribution in [0.4, 0.5) is 4.79 Å². The third-order valence-electron chi connectivity index (χ3n) is 1.82. The fourth-order valence-corrected chi connectivity index (χ4v) is 1.05. The molecule has 0 atom stereocenters. The van der Waals surface area contributed by atoms with Crippen molar-refractivity contribution in [3.8, 4) is 0 Å². The summed E-state index contributed by atoms with van der Waals surface area (Å²) in [7, 11) is 1.50. The summed E-state index contributed by atoms with van der Waals surface area (Å²) in [6.07, 6.45) is 1.93. The Morgan fingerprint density at radius 3 is 2.06 bits per heavy atom. The lowest BCUT2D eigenvalue weighted by Gasteiger charge is -2.26. The number of carbonyl (C=O) groups excluding carboxylic acids is 1. The molecule has 0 aliphatic heterocycles. The Morgan fingerprint density at radius 2 is 1.75 bits per heavy atom. The van der Waals surface area contributed by atoms with Crippen molar-refractivity contribution in [1.29, 1.82) is 0 Å². The van der Waals surface area contributed by atoms with E-state index in [-0.39, 0.29) is 6.09 Å². The molecule has 0 saturated heterocycles. The Balaban J connectivity index is 0. The maximum absolute atomic E-state index is 11.6. The van der Waals surface area contributed by atoms with Gasteiger partial charge in [0.1, 0.15) is 5.60 Å². The van der Waals surface area contributed by atoms with E-state index < -0.39 is 5.60 Å². The molecule has 2 N–H and O–H groups in total. The number of hydrogen-bond donors (Lipinski definition) is 1. The van der Waals surface area contributed by atoms with Gasteiger partial charge < -0.3 is 15.4 Å². The number of nitrogens with zero attached hydrogens (tertiary/aromatic N) is 1. The minimum absolute atomic E-state index is 0.201. The van der Waals surface area contributed by atoms with E-state index in [1.807, 2.05) is 27.7 Å². The molecule has 0 aliphatic rings. The van der Waals surface area contributed by atoms with Gasteiger partial charge in [-0.05, 0) is 41.2 Å². The zero-order valence-electron chi connectivity index (χ0n) is 11.7. The van der Waals surface area contributed by atoms with E-state index in [4.69, 9.17) is 4.74 Å². The minimum atomic E-state index is -0.392. The summed E-state index contributed by atoms with van der Waals surface area (Å²) in [5.74, 6) is 0. The molecule has 0 aromatic heterocycles. The van der Waals surface area contributed by atoms with Crippen molar-refractivity contribution < 1.29 is 9.53 Å². The van der Waals surface area contributed by atoms with Gasteiger partial charge in [0.15, 0.2) is 0 Å². The van der Waals surface area contributed by atoms with Crippen LogP contribution in [0.2, 0.25) is 0 Å². The molecule has 4 heteroatoms. The smallest absolute Gasteiger partial charge is 0.410 e. The van der Waals surface area contributed by atoms with Crippen LogP contribution in [0, 0.1) is 0 Å². The number of ether oxygens (including phenoxy) is 1. The predicted octanol–water partition coefficient (Wildman–Crippen LogP) is 2.62. The monoisotopic (exact) mass is 232 g/mol. The number of nitrogens with two attached hydrogens (primary N) is 1. The summed E-state index contributed by atoms with van der Waals surface area (Å²) < 4.78 is 5.27. The molecule has 0 fully saturated rings. The molecule has 16 heavy (non-hydrogen) atoms. The molecular weight excluding hydrogens is 204 g/mol. The van der Waals surface area contributed by atoms with E-state index in [1.165, 1.54) is 7.05 Å². The predicted molar refractivity (Wildman–Crippen MR) is 68.5 cm³/mol. The Labute approximate surface area is 100 Å². The molecule has 98 valence electrons. The minimum Gasteiger partial charge on any atom is -0.444 e. The van der Waals surface area contributed by atoms with E-state index in [0.717, 1.165) is 25.9 Å². The van der Waals surface area contributed by atoms with Crippen molar-refractivity contribution in [2.45, 2.75) is 53.1 Å². The maximum Gasteiger partial charge on any atom is 0.410 e. The summed E-state index contributed by atoms with van der Waals surface area (Å²) in [5.41, 5.74) is 4.11. The Morgan fingerprint density at radius 1 is 1.25 bits per heavy atom. The molecule has 0 unspecified atom stereocenters. The summed E-state index contributed by atoms with van der Waals surface area (Å²) in [5, 5.41) is 0. The van der Waals surface area contributed by atoms with Crippen LogP contribution in [0.3, 0.4) is 0 Å². The fourth-order valence-electron chi connectivity index (χ4n) is 1.05. The molecular formula is C12H28N2O2. The number of unbranched alkanes of at least 4 members (excludes halogenated alkanes) is 1. The van der Waals surface area contributed by atoms with Gasteiger partial charge in [-0.25, -0.2) is 4.79 Å². The first-order valence-corrected chi connectivity index (χ1v) is 5.96. The van der Waals surface area contributed by atoms with E-state index in [0.29, 0.717) is 0 Å². The molecule has 0 aromatic rings. The molecule has 0 aromatic carbocycles. The van der Waals surface area contributed by atoms with Crippen LogP contribution in [0.25, 0.3) is 0 Å². The average molecular weight is 232 g/mol. The Bertz CT molecular complexity index is 176. The lowest BCUT2D eigenvalue weighted by atomic mass is 10.2. The molecule has 0 spiro atoms. The Hall–Kier alpha value is -0.770. The average Bonchev–Trinajstić information content (AvgIpc) is 2.19. The van der Waals surface area contributed by atoms with Crippen LogP contribution in [-0.4, -0.2) is 36.7 Å². The lowest BCUT2D eigenvalue weighted by Crippen LogP contribution is -2.37. The van der Waals surface area contributed by atoms with Crippen molar-refractivity contribution >= 4 is 6.09 Å². The van der Waals surface area contributed by atoms with Gasteiger partial charge in [0.2, 0.25) is 0 Å². The Kier molecular flexibility index (Phi) is 10.4. The van der Waals surface area contributed by atoms with Gasteiger partial charge in [-0.3, -0.25) is 0 Å². The van der Waals surface area contributed by atoms with Crippen LogP contribution in [0.15, 0.2) is 0 Å². The zero-order valence-corrected chi connectivity index (χ0v) is 11.7. The van der Waals surface area contributed by atoms with Gasteiger partial charge in [0, 0.05) is 13.1 Å². The first kappa shape index (κ1) is 17.6. The highest BCUT2D eigenvalue weighted by Crippen LogP contribution is 2.10. The van der Waals surface area contributed by atoms with Crippen LogP contribution in [0.5, 0.6) is 0 Å². The molecule has 0 bridgehead atoms. The highest BCUT2D eigenvalue weighted by atomic mass is 16.6. The summed E-state index contributed by atoms with van der Waals surface area (Å²) >= 11 is 0. The maximum atomic E-state index is 11.6. The van der Waals surface area contributed by atoms with Gasteiger partial charge in [-0.15, -0.1) is 0 Å². The van der Waals surface area contributed by atoms with Crippen molar-refractivity contribution in [2.75, 3.05) is 20.1 Å². The second kappa shape index (κ2) is 9.46. The van der Waals surface area contributed by atoms with Crippen molar-refractivity contribution in [3.05, 3.63) is 0 Å². The van der Waals surface area contributed by atoms with E-state index in [9.17, 15) is 4.79 Å². The summed E-state index contributed by atoms with van der Waals surface area (Å²) in [6.45, 7) is 11.3. The van der Waals surface area contributed by atoms with Gasteiger partial charge in [0.25, 0.3) is 0 Å². The standard InChI is InChI=1S/C11H23NO2.CH5N/c1-6-8-9-12(7-2)10(13)14-11(3,4)5;1-2/h6-9H2,1-5H3;2H2,1H3. The number of amides is 1. The van der Waals surface area contributed by atoms with E-state index in [1.54, 1.807) is 4.90 Å². The van der Waals surface area contributed by atoms with Crippen LogP contribution < -0.4 is 5.73 Å². The number of hydrogen-bond acceptors (Lipinski definition) is 3. The molecule has 0 radical (unpaired) electrons. The zero-order chi connectivity index (χ0) is 13.2. The summed E-state index contributed by atoms with van der Waals surface area (Å²) in [4.78, 5) is 13.3. The molecule has 0 heterocycles. The largest absolute Gasteiger partial charge is 0.444 e. The van der Waals surface area contributed by atoms with E-state index in [2.05, 4.69) is 12.7 Å². The number of carbonyl (C=O) groups is 1. The molecule has 1 amide bonds. The quantitative estimate of drug-likeness (QED) is 0.810. The summed E-state index contributed by atoms with van der Waals surface area (Å²) in [6, 6.07) is 0. The molecule has 4 nitrogen and oxygen atoms in total. The molecule has 0 rings (SSSR count). The van der Waals surface area contributed by atoms with Gasteiger partial charge in [-0.2, -0.15) is 0 Å². The van der Waals surface area contributed by atoms with Crippen molar-refractivity contribution in [3.63, 3.8) is 0 Å². The number of rotatable bonds is 4. The van der Waals surface area contributed by atoms with Gasteiger partial charge >= 0.3 is 6.09 Å². The second-order valence-corrected chi connectivity index (χ2v) is 4.41. The first-order chi connectivity index (χ1) is 7.40. The first-order valence-electron chi connectivity index (χ1n) is 5.96. The normalized spacial score (nSPS) is 10.2. The molecule has 0 aliphatic carbocycles. The lowest BCUT2D eigenvalue weighted by molar-refractivity contribution is 0.0258. The van der Waals surface area contributed by atoms with Crippen LogP contribution in [0.1, 0.15) is 47.5 Å². The van der Waals surface area contributed by atoms with Crippen molar-refractivity contribution in [1.82, 2.24) is 4.90 Å². The van der Waals surface area contributed by atoms with Gasteiger partial charge in [-0.1, -0.05) is 13.3 Å². The van der Waals surface area contributed by atoms with Crippen molar-refractivity contribution in [2.24, 2.45) is 5.73 Å². The van der Waals surface area contributed by atoms with Crippen LogP contribution >= 0.6 is 0 Å². The topological polar surface area (TPSA) is 55.6 Å². The highest BCUT2D eigenvalue weighted by Gasteiger charge is 2.20. The fraction of sp³-hybridized carbons (Fsp3) is 0.917. The third-order valence-corrected chi connectivity index (χ3v) is 1.82. The molecule has 0 saturated carbocycles. The second-order valence-electron chi connectivity index (χ2n) is 4.41. The third kappa shape index (κ3) is 9.77.